The molecule has 1 amide bonds. The van der Waals surface area contributed by atoms with Crippen LogP contribution >= 0.6 is 22.7 Å². The molecule has 22 heavy (non-hydrogen) atoms. The van der Waals surface area contributed by atoms with Crippen molar-refractivity contribution < 1.29 is 4.79 Å². The lowest BCUT2D eigenvalue weighted by atomic mass is 10.3. The number of carbonyl (C=O) groups is 1. The summed E-state index contributed by atoms with van der Waals surface area (Å²) in [7, 11) is 0. The molecular weight excluding hydrogens is 312 g/mol. The fourth-order valence-electron chi connectivity index (χ4n) is 2.15. The van der Waals surface area contributed by atoms with Gasteiger partial charge in [-0.25, -0.2) is 4.98 Å². The minimum absolute atomic E-state index is 0.0233. The second-order valence-electron chi connectivity index (χ2n) is 4.78. The Morgan fingerprint density at radius 1 is 1.27 bits per heavy atom. The van der Waals surface area contributed by atoms with E-state index in [-0.39, 0.29) is 5.91 Å². The van der Waals surface area contributed by atoms with Crippen molar-refractivity contribution in [1.29, 1.82) is 0 Å². The minimum Gasteiger partial charge on any atom is -0.334 e. The van der Waals surface area contributed by atoms with Gasteiger partial charge in [-0.1, -0.05) is 18.2 Å². The second-order valence-corrected chi connectivity index (χ2v) is 6.88. The second kappa shape index (κ2) is 6.85. The zero-order chi connectivity index (χ0) is 15.4. The van der Waals surface area contributed by atoms with Crippen LogP contribution in [0.3, 0.4) is 0 Å². The van der Waals surface area contributed by atoms with E-state index >= 15 is 0 Å². The third-order valence-electron chi connectivity index (χ3n) is 3.30. The van der Waals surface area contributed by atoms with Gasteiger partial charge in [0.2, 0.25) is 5.91 Å². The van der Waals surface area contributed by atoms with E-state index in [0.717, 1.165) is 15.2 Å². The van der Waals surface area contributed by atoms with Crippen molar-refractivity contribution in [3.8, 4) is 0 Å². The molecule has 3 rings (SSSR count). The van der Waals surface area contributed by atoms with E-state index in [4.69, 9.17) is 0 Å². The van der Waals surface area contributed by atoms with Gasteiger partial charge in [-0.2, -0.15) is 0 Å². The van der Waals surface area contributed by atoms with Gasteiger partial charge in [-0.05, 0) is 36.6 Å². The summed E-state index contributed by atoms with van der Waals surface area (Å²) in [5.41, 5.74) is 0.977. The van der Waals surface area contributed by atoms with E-state index in [1.165, 1.54) is 4.88 Å². The van der Waals surface area contributed by atoms with Crippen molar-refractivity contribution in [2.24, 2.45) is 0 Å². The lowest BCUT2D eigenvalue weighted by molar-refractivity contribution is -0.126. The van der Waals surface area contributed by atoms with Gasteiger partial charge in [-0.15, -0.1) is 22.7 Å². The Morgan fingerprint density at radius 3 is 2.86 bits per heavy atom. The molecule has 0 aliphatic carbocycles. The highest BCUT2D eigenvalue weighted by molar-refractivity contribution is 7.19. The first-order valence-corrected chi connectivity index (χ1v) is 8.81. The van der Waals surface area contributed by atoms with Crippen molar-refractivity contribution in [1.82, 2.24) is 9.88 Å². The number of para-hydroxylation sites is 1. The molecule has 2 aromatic heterocycles. The Kier molecular flexibility index (Phi) is 4.65. The van der Waals surface area contributed by atoms with Crippen LogP contribution in [-0.2, 0) is 11.3 Å². The van der Waals surface area contributed by atoms with Crippen LogP contribution in [0.5, 0.6) is 0 Å². The van der Waals surface area contributed by atoms with Crippen LogP contribution in [-0.4, -0.2) is 22.3 Å². The number of nitrogens with zero attached hydrogens (tertiary/aromatic N) is 2. The third kappa shape index (κ3) is 3.43. The molecule has 0 atom stereocenters. The molecule has 0 saturated carbocycles. The predicted octanol–water partition coefficient (Wildman–Crippen LogP) is 4.42. The quantitative estimate of drug-likeness (QED) is 0.650. The summed E-state index contributed by atoms with van der Waals surface area (Å²) in [6.45, 7) is 3.36. The summed E-state index contributed by atoms with van der Waals surface area (Å²) in [4.78, 5) is 19.8. The Bertz CT molecular complexity index is 757. The van der Waals surface area contributed by atoms with Crippen LogP contribution in [0, 0.1) is 0 Å². The number of likely N-dealkylation sites (N-methyl/N-ethyl adjacent to an activating group) is 1. The van der Waals surface area contributed by atoms with E-state index in [1.807, 2.05) is 53.6 Å². The number of rotatable bonds is 5. The number of amides is 1. The lowest BCUT2D eigenvalue weighted by Crippen LogP contribution is -2.28. The van der Waals surface area contributed by atoms with Gasteiger partial charge in [0.15, 0.2) is 0 Å². The zero-order valence-corrected chi connectivity index (χ0v) is 13.9. The summed E-state index contributed by atoms with van der Waals surface area (Å²) in [5, 5.41) is 2.90. The minimum atomic E-state index is 0.0233. The van der Waals surface area contributed by atoms with E-state index in [2.05, 4.69) is 11.1 Å². The molecule has 5 heteroatoms. The molecule has 0 N–H and O–H groups in total. The van der Waals surface area contributed by atoms with E-state index in [9.17, 15) is 4.79 Å². The average Bonchev–Trinajstić information content (AvgIpc) is 3.18. The third-order valence-corrected chi connectivity index (χ3v) is 5.16. The molecule has 0 aliphatic heterocycles. The number of carbonyl (C=O) groups excluding carboxylic acids is 1. The number of thiophene rings is 1. The van der Waals surface area contributed by atoms with Crippen LogP contribution in [0.4, 0.5) is 0 Å². The van der Waals surface area contributed by atoms with Gasteiger partial charge >= 0.3 is 0 Å². The van der Waals surface area contributed by atoms with Crippen LogP contribution in [0.2, 0.25) is 0 Å². The highest BCUT2D eigenvalue weighted by atomic mass is 32.1. The van der Waals surface area contributed by atoms with Crippen molar-refractivity contribution in [2.45, 2.75) is 13.5 Å². The zero-order valence-electron chi connectivity index (χ0n) is 12.2. The number of aromatic nitrogens is 1. The van der Waals surface area contributed by atoms with Crippen LogP contribution in [0.25, 0.3) is 16.3 Å². The summed E-state index contributed by atoms with van der Waals surface area (Å²) >= 11 is 3.27. The smallest absolute Gasteiger partial charge is 0.246 e. The number of fused-ring (bicyclic) bond motifs is 1. The molecule has 1 aromatic carbocycles. The fourth-order valence-corrected chi connectivity index (χ4v) is 3.74. The number of hydrogen-bond acceptors (Lipinski definition) is 4. The van der Waals surface area contributed by atoms with Gasteiger partial charge in [0, 0.05) is 17.5 Å². The number of benzene rings is 1. The molecule has 112 valence electrons. The normalized spacial score (nSPS) is 11.3. The predicted molar refractivity (Wildman–Crippen MR) is 94.1 cm³/mol. The monoisotopic (exact) mass is 328 g/mol. The first-order valence-electron chi connectivity index (χ1n) is 7.11. The van der Waals surface area contributed by atoms with Crippen molar-refractivity contribution in [3.05, 3.63) is 57.7 Å². The highest BCUT2D eigenvalue weighted by Gasteiger charge is 2.10. The van der Waals surface area contributed by atoms with E-state index < -0.39 is 0 Å². The standard InChI is InChI=1S/C17H16N2OS2/c1-2-19(12-13-6-5-11-21-13)17(20)10-9-16-18-14-7-3-4-8-15(14)22-16/h3-11H,2,12H2,1H3. The maximum Gasteiger partial charge on any atom is 0.246 e. The molecule has 2 heterocycles. The first kappa shape index (κ1) is 14.9. The molecule has 0 fully saturated rings. The van der Waals surface area contributed by atoms with Gasteiger partial charge in [0.1, 0.15) is 5.01 Å². The maximum atomic E-state index is 12.3. The summed E-state index contributed by atoms with van der Waals surface area (Å²) < 4.78 is 1.14. The van der Waals surface area contributed by atoms with Gasteiger partial charge in [0.05, 0.1) is 16.8 Å². The fraction of sp³-hybridized carbons (Fsp3) is 0.176. The highest BCUT2D eigenvalue weighted by Crippen LogP contribution is 2.22. The molecule has 3 nitrogen and oxygen atoms in total. The van der Waals surface area contributed by atoms with Crippen molar-refractivity contribution in [3.63, 3.8) is 0 Å². The average molecular weight is 328 g/mol. The van der Waals surface area contributed by atoms with E-state index in [1.54, 1.807) is 28.7 Å². The summed E-state index contributed by atoms with van der Waals surface area (Å²) in [6, 6.07) is 12.1. The van der Waals surface area contributed by atoms with Crippen LogP contribution in [0.15, 0.2) is 47.9 Å². The molecule has 0 bridgehead atoms. The number of hydrogen-bond donors (Lipinski definition) is 0. The summed E-state index contributed by atoms with van der Waals surface area (Å²) in [5.74, 6) is 0.0233. The topological polar surface area (TPSA) is 33.2 Å². The Balaban J connectivity index is 1.71. The Morgan fingerprint density at radius 2 is 2.14 bits per heavy atom. The molecule has 3 aromatic rings. The van der Waals surface area contributed by atoms with Crippen molar-refractivity contribution in [2.75, 3.05) is 6.54 Å². The molecule has 0 unspecified atom stereocenters. The molecular formula is C17H16N2OS2. The molecule has 0 aliphatic rings. The number of thiazole rings is 1. The SMILES string of the molecule is CCN(Cc1cccs1)C(=O)C=Cc1nc2ccccc2s1. The maximum absolute atomic E-state index is 12.3. The van der Waals surface area contributed by atoms with Crippen LogP contribution < -0.4 is 0 Å². The van der Waals surface area contributed by atoms with Gasteiger partial charge in [0.25, 0.3) is 0 Å². The molecule has 0 saturated heterocycles. The molecule has 0 radical (unpaired) electrons. The Labute approximate surface area is 137 Å². The van der Waals surface area contributed by atoms with Crippen molar-refractivity contribution >= 4 is 44.9 Å². The Hall–Kier alpha value is -1.98. The molecule has 0 spiro atoms. The van der Waals surface area contributed by atoms with Gasteiger partial charge < -0.3 is 4.90 Å². The first-order chi connectivity index (χ1) is 10.8. The lowest BCUT2D eigenvalue weighted by Gasteiger charge is -2.17. The van der Waals surface area contributed by atoms with E-state index in [0.29, 0.717) is 13.1 Å². The largest absolute Gasteiger partial charge is 0.334 e. The van der Waals surface area contributed by atoms with Gasteiger partial charge in [-0.3, -0.25) is 4.79 Å². The summed E-state index contributed by atoms with van der Waals surface area (Å²) in [6.07, 6.45) is 3.43. The van der Waals surface area contributed by atoms with Crippen LogP contribution in [0.1, 0.15) is 16.8 Å².